The number of nitrogens with zero attached hydrogens (tertiary/aromatic N) is 1. The van der Waals surface area contributed by atoms with Gasteiger partial charge in [0.05, 0.1) is 11.0 Å². The van der Waals surface area contributed by atoms with Crippen LogP contribution in [-0.2, 0) is 0 Å². The van der Waals surface area contributed by atoms with Gasteiger partial charge in [-0.25, -0.2) is 9.37 Å². The van der Waals surface area contributed by atoms with E-state index in [1.54, 1.807) is 12.1 Å². The van der Waals surface area contributed by atoms with Crippen LogP contribution in [0.15, 0.2) is 36.4 Å². The van der Waals surface area contributed by atoms with Gasteiger partial charge in [-0.05, 0) is 36.4 Å². The van der Waals surface area contributed by atoms with Crippen LogP contribution in [0.25, 0.3) is 22.4 Å². The number of aromatic amines is 1. The Labute approximate surface area is 101 Å². The normalized spacial score (nSPS) is 10.9. The number of halogens is 1. The Morgan fingerprint density at radius 2 is 1.83 bits per heavy atom. The minimum absolute atomic E-state index is 0.194. The highest BCUT2D eigenvalue weighted by molar-refractivity contribution is 5.79. The van der Waals surface area contributed by atoms with Crippen molar-refractivity contribution >= 4 is 11.0 Å². The summed E-state index contributed by atoms with van der Waals surface area (Å²) in [6.45, 7) is 0. The Kier molecular flexibility index (Phi) is 2.19. The van der Waals surface area contributed by atoms with Crippen molar-refractivity contribution in [3.63, 3.8) is 0 Å². The summed E-state index contributed by atoms with van der Waals surface area (Å²) in [4.78, 5) is 7.24. The van der Waals surface area contributed by atoms with Crippen molar-refractivity contribution in [3.05, 3.63) is 42.2 Å². The molecule has 0 amide bonds. The van der Waals surface area contributed by atoms with Gasteiger partial charge in [0.2, 0.25) is 0 Å². The third-order valence-electron chi connectivity index (χ3n) is 2.69. The zero-order valence-electron chi connectivity index (χ0n) is 9.18. The molecule has 90 valence electrons. The lowest BCUT2D eigenvalue weighted by molar-refractivity contribution is 0.404. The van der Waals surface area contributed by atoms with Crippen LogP contribution in [0.4, 0.5) is 4.39 Å². The Morgan fingerprint density at radius 1 is 1.00 bits per heavy atom. The molecule has 0 aliphatic heterocycles. The van der Waals surface area contributed by atoms with Gasteiger partial charge in [-0.2, -0.15) is 0 Å². The third-order valence-corrected chi connectivity index (χ3v) is 2.69. The average molecular weight is 244 g/mol. The van der Waals surface area contributed by atoms with Crippen LogP contribution >= 0.6 is 0 Å². The second-order valence-electron chi connectivity index (χ2n) is 3.95. The van der Waals surface area contributed by atoms with Crippen molar-refractivity contribution in [3.8, 4) is 22.9 Å². The fourth-order valence-corrected chi connectivity index (χ4v) is 1.79. The minimum Gasteiger partial charge on any atom is -0.504 e. The molecule has 3 N–H and O–H groups in total. The molecule has 1 heterocycles. The van der Waals surface area contributed by atoms with E-state index in [0.717, 1.165) is 0 Å². The van der Waals surface area contributed by atoms with Gasteiger partial charge in [-0.15, -0.1) is 0 Å². The minimum atomic E-state index is -0.341. The molecule has 0 aliphatic rings. The van der Waals surface area contributed by atoms with Gasteiger partial charge in [-0.1, -0.05) is 0 Å². The molecule has 18 heavy (non-hydrogen) atoms. The lowest BCUT2D eigenvalue weighted by Gasteiger charge is -1.99. The van der Waals surface area contributed by atoms with Crippen LogP contribution in [0, 0.1) is 5.82 Å². The maximum absolute atomic E-state index is 13.0. The Hall–Kier alpha value is -2.56. The van der Waals surface area contributed by atoms with Crippen LogP contribution in [0.3, 0.4) is 0 Å². The van der Waals surface area contributed by atoms with E-state index in [4.69, 9.17) is 0 Å². The first-order chi connectivity index (χ1) is 8.63. The van der Waals surface area contributed by atoms with E-state index in [1.807, 2.05) is 0 Å². The van der Waals surface area contributed by atoms with Crippen LogP contribution in [-0.4, -0.2) is 20.2 Å². The maximum atomic E-state index is 13.0. The predicted molar refractivity (Wildman–Crippen MR) is 64.8 cm³/mol. The largest absolute Gasteiger partial charge is 0.504 e. The molecule has 0 unspecified atom stereocenters. The zero-order valence-corrected chi connectivity index (χ0v) is 9.18. The molecule has 0 saturated heterocycles. The number of fused-ring (bicyclic) bond motifs is 1. The number of hydrogen-bond donors (Lipinski definition) is 3. The van der Waals surface area contributed by atoms with E-state index in [2.05, 4.69) is 9.97 Å². The maximum Gasteiger partial charge on any atom is 0.158 e. The highest BCUT2D eigenvalue weighted by Gasteiger charge is 2.08. The lowest BCUT2D eigenvalue weighted by atomic mass is 10.2. The number of aromatic nitrogens is 2. The SMILES string of the molecule is Oc1ccc(-c2nc3ccc(F)cc3[nH]2)cc1O. The Balaban J connectivity index is 2.16. The molecule has 2 aromatic carbocycles. The molecule has 4 nitrogen and oxygen atoms in total. The monoisotopic (exact) mass is 244 g/mol. The molecule has 0 aliphatic carbocycles. The van der Waals surface area contributed by atoms with Gasteiger partial charge >= 0.3 is 0 Å². The first kappa shape index (κ1) is 10.6. The fraction of sp³-hybridized carbons (Fsp3) is 0. The summed E-state index contributed by atoms with van der Waals surface area (Å²) < 4.78 is 13.0. The number of H-pyrrole nitrogens is 1. The van der Waals surface area contributed by atoms with Crippen molar-refractivity contribution in [2.75, 3.05) is 0 Å². The molecular formula is C13H9FN2O2. The molecule has 0 radical (unpaired) electrons. The van der Waals surface area contributed by atoms with E-state index in [1.165, 1.54) is 24.3 Å². The van der Waals surface area contributed by atoms with Crippen LogP contribution in [0.5, 0.6) is 11.5 Å². The Bertz CT molecular complexity index is 737. The summed E-state index contributed by atoms with van der Waals surface area (Å²) >= 11 is 0. The van der Waals surface area contributed by atoms with Gasteiger partial charge in [0.25, 0.3) is 0 Å². The highest BCUT2D eigenvalue weighted by Crippen LogP contribution is 2.30. The van der Waals surface area contributed by atoms with Crippen LogP contribution in [0.1, 0.15) is 0 Å². The summed E-state index contributed by atoms with van der Waals surface area (Å²) in [5.41, 5.74) is 1.83. The molecular weight excluding hydrogens is 235 g/mol. The number of rotatable bonds is 1. The number of benzene rings is 2. The molecule has 3 rings (SSSR count). The van der Waals surface area contributed by atoms with E-state index >= 15 is 0 Å². The molecule has 0 spiro atoms. The summed E-state index contributed by atoms with van der Waals surface area (Å²) in [5, 5.41) is 18.7. The van der Waals surface area contributed by atoms with Crippen LogP contribution < -0.4 is 0 Å². The van der Waals surface area contributed by atoms with Crippen LogP contribution in [0.2, 0.25) is 0 Å². The van der Waals surface area contributed by atoms with Gasteiger partial charge in [0.15, 0.2) is 11.5 Å². The smallest absolute Gasteiger partial charge is 0.158 e. The van der Waals surface area contributed by atoms with Crippen molar-refractivity contribution in [2.45, 2.75) is 0 Å². The van der Waals surface area contributed by atoms with Crippen molar-refractivity contribution < 1.29 is 14.6 Å². The van der Waals surface area contributed by atoms with Gasteiger partial charge in [0.1, 0.15) is 11.6 Å². The molecule has 5 heteroatoms. The van der Waals surface area contributed by atoms with Gasteiger partial charge in [-0.3, -0.25) is 0 Å². The number of nitrogens with one attached hydrogen (secondary N) is 1. The number of aromatic hydroxyl groups is 2. The molecule has 3 aromatic rings. The fourth-order valence-electron chi connectivity index (χ4n) is 1.79. The lowest BCUT2D eigenvalue weighted by Crippen LogP contribution is -1.80. The highest BCUT2D eigenvalue weighted by atomic mass is 19.1. The number of phenols is 2. The topological polar surface area (TPSA) is 69.1 Å². The van der Waals surface area contributed by atoms with E-state index in [9.17, 15) is 14.6 Å². The van der Waals surface area contributed by atoms with Gasteiger partial charge in [0, 0.05) is 5.56 Å². The van der Waals surface area contributed by atoms with E-state index in [0.29, 0.717) is 22.4 Å². The first-order valence-corrected chi connectivity index (χ1v) is 5.31. The van der Waals surface area contributed by atoms with E-state index in [-0.39, 0.29) is 17.3 Å². The van der Waals surface area contributed by atoms with Crippen molar-refractivity contribution in [1.82, 2.24) is 9.97 Å². The molecule has 1 aromatic heterocycles. The summed E-state index contributed by atoms with van der Waals surface area (Å²) in [6.07, 6.45) is 0. The first-order valence-electron chi connectivity index (χ1n) is 5.31. The summed E-state index contributed by atoms with van der Waals surface area (Å²) in [7, 11) is 0. The third kappa shape index (κ3) is 1.66. The van der Waals surface area contributed by atoms with Crippen molar-refractivity contribution in [1.29, 1.82) is 0 Å². The molecule has 0 fully saturated rings. The number of phenolic OH excluding ortho intramolecular Hbond substituents is 2. The summed E-state index contributed by atoms with van der Waals surface area (Å²) in [6, 6.07) is 8.64. The molecule has 0 bridgehead atoms. The van der Waals surface area contributed by atoms with Crippen molar-refractivity contribution in [2.24, 2.45) is 0 Å². The summed E-state index contributed by atoms with van der Waals surface area (Å²) in [5.74, 6) is -0.253. The zero-order chi connectivity index (χ0) is 12.7. The second kappa shape index (κ2) is 3.73. The second-order valence-corrected chi connectivity index (χ2v) is 3.95. The van der Waals surface area contributed by atoms with Gasteiger partial charge < -0.3 is 15.2 Å². The quantitative estimate of drug-likeness (QED) is 0.576. The number of imidazole rings is 1. The predicted octanol–water partition coefficient (Wildman–Crippen LogP) is 2.78. The molecule has 0 atom stereocenters. The average Bonchev–Trinajstić information content (AvgIpc) is 2.75. The standard InChI is InChI=1S/C13H9FN2O2/c14-8-2-3-9-10(6-8)16-13(15-9)7-1-4-11(17)12(18)5-7/h1-6,17-18H,(H,15,16). The Morgan fingerprint density at radius 3 is 2.61 bits per heavy atom. The molecule has 0 saturated carbocycles. The number of hydrogen-bond acceptors (Lipinski definition) is 3. The van der Waals surface area contributed by atoms with E-state index < -0.39 is 0 Å².